The molecule has 9 heavy (non-hydrogen) atoms. The SMILES string of the molecule is CC(C)CN/C=C/C=O. The van der Waals surface area contributed by atoms with Gasteiger partial charge in [0.2, 0.25) is 0 Å². The average molecular weight is 127 g/mol. The van der Waals surface area contributed by atoms with Crippen LogP contribution in [0.3, 0.4) is 0 Å². The fourth-order valence-corrected chi connectivity index (χ4v) is 0.411. The maximum Gasteiger partial charge on any atom is 0.144 e. The third kappa shape index (κ3) is 7.21. The van der Waals surface area contributed by atoms with E-state index in [1.54, 1.807) is 6.20 Å². The summed E-state index contributed by atoms with van der Waals surface area (Å²) in [5.41, 5.74) is 0. The van der Waals surface area contributed by atoms with Gasteiger partial charge in [-0.3, -0.25) is 4.79 Å². The minimum absolute atomic E-state index is 0.626. The van der Waals surface area contributed by atoms with Gasteiger partial charge < -0.3 is 5.32 Å². The molecule has 2 heteroatoms. The molecule has 0 aromatic rings. The van der Waals surface area contributed by atoms with Crippen molar-refractivity contribution in [3.63, 3.8) is 0 Å². The van der Waals surface area contributed by atoms with Gasteiger partial charge in [-0.05, 0) is 18.2 Å². The quantitative estimate of drug-likeness (QED) is 0.450. The van der Waals surface area contributed by atoms with Gasteiger partial charge in [-0.25, -0.2) is 0 Å². The molecule has 0 atom stereocenters. The zero-order chi connectivity index (χ0) is 7.11. The van der Waals surface area contributed by atoms with Gasteiger partial charge in [0.15, 0.2) is 0 Å². The molecule has 52 valence electrons. The summed E-state index contributed by atoms with van der Waals surface area (Å²) >= 11 is 0. The van der Waals surface area contributed by atoms with E-state index in [0.29, 0.717) is 5.92 Å². The van der Waals surface area contributed by atoms with Gasteiger partial charge in [0.05, 0.1) is 0 Å². The molecule has 0 fully saturated rings. The normalized spacial score (nSPS) is 10.6. The van der Waals surface area contributed by atoms with Crippen molar-refractivity contribution in [2.24, 2.45) is 5.92 Å². The van der Waals surface area contributed by atoms with Gasteiger partial charge in [0, 0.05) is 6.54 Å². The van der Waals surface area contributed by atoms with Gasteiger partial charge in [-0.2, -0.15) is 0 Å². The van der Waals surface area contributed by atoms with Crippen LogP contribution in [0.15, 0.2) is 12.3 Å². The predicted molar refractivity (Wildman–Crippen MR) is 38.0 cm³/mol. The highest BCUT2D eigenvalue weighted by Crippen LogP contribution is 1.85. The van der Waals surface area contributed by atoms with Crippen molar-refractivity contribution in [2.75, 3.05) is 6.54 Å². The lowest BCUT2D eigenvalue weighted by Gasteiger charge is -2.01. The second-order valence-electron chi connectivity index (χ2n) is 2.30. The van der Waals surface area contributed by atoms with Crippen molar-refractivity contribution < 1.29 is 4.79 Å². The van der Waals surface area contributed by atoms with E-state index in [4.69, 9.17) is 0 Å². The molecule has 0 bridgehead atoms. The molecule has 0 aromatic carbocycles. The predicted octanol–water partition coefficient (Wildman–Crippen LogP) is 0.945. The van der Waals surface area contributed by atoms with Gasteiger partial charge >= 0.3 is 0 Å². The fraction of sp³-hybridized carbons (Fsp3) is 0.571. The van der Waals surface area contributed by atoms with Crippen molar-refractivity contribution in [2.45, 2.75) is 13.8 Å². The van der Waals surface area contributed by atoms with Crippen LogP contribution in [-0.4, -0.2) is 12.8 Å². The Kier molecular flexibility index (Phi) is 4.88. The largest absolute Gasteiger partial charge is 0.391 e. The summed E-state index contributed by atoms with van der Waals surface area (Å²) in [5.74, 6) is 0.626. The third-order valence-corrected chi connectivity index (χ3v) is 0.819. The summed E-state index contributed by atoms with van der Waals surface area (Å²) in [6.07, 6.45) is 3.86. The van der Waals surface area contributed by atoms with Crippen molar-refractivity contribution in [1.82, 2.24) is 5.32 Å². The Morgan fingerprint density at radius 2 is 2.22 bits per heavy atom. The third-order valence-electron chi connectivity index (χ3n) is 0.819. The number of nitrogens with one attached hydrogen (secondary N) is 1. The fourth-order valence-electron chi connectivity index (χ4n) is 0.411. The van der Waals surface area contributed by atoms with Gasteiger partial charge in [-0.1, -0.05) is 13.8 Å². The first kappa shape index (κ1) is 8.21. The summed E-state index contributed by atoms with van der Waals surface area (Å²) in [7, 11) is 0. The highest BCUT2D eigenvalue weighted by atomic mass is 16.1. The Hall–Kier alpha value is -0.790. The molecule has 0 heterocycles. The number of hydrogen-bond acceptors (Lipinski definition) is 2. The number of carbonyl (C=O) groups is 1. The van der Waals surface area contributed by atoms with Crippen LogP contribution in [-0.2, 0) is 4.79 Å². The molecule has 0 aromatic heterocycles. The number of rotatable bonds is 4. The first-order chi connectivity index (χ1) is 4.27. The topological polar surface area (TPSA) is 29.1 Å². The molecule has 0 spiro atoms. The van der Waals surface area contributed by atoms with Crippen LogP contribution >= 0.6 is 0 Å². The van der Waals surface area contributed by atoms with Gasteiger partial charge in [0.1, 0.15) is 6.29 Å². The second kappa shape index (κ2) is 5.35. The van der Waals surface area contributed by atoms with E-state index in [1.165, 1.54) is 6.08 Å². The van der Waals surface area contributed by atoms with Crippen LogP contribution in [0.25, 0.3) is 0 Å². The molecule has 0 aliphatic carbocycles. The van der Waals surface area contributed by atoms with Crippen LogP contribution in [0.1, 0.15) is 13.8 Å². The Balaban J connectivity index is 3.08. The smallest absolute Gasteiger partial charge is 0.144 e. The Morgan fingerprint density at radius 1 is 1.56 bits per heavy atom. The molecular formula is C7H13NO. The van der Waals surface area contributed by atoms with E-state index >= 15 is 0 Å². The van der Waals surface area contributed by atoms with Crippen molar-refractivity contribution in [3.05, 3.63) is 12.3 Å². The first-order valence-electron chi connectivity index (χ1n) is 3.11. The minimum Gasteiger partial charge on any atom is -0.391 e. The van der Waals surface area contributed by atoms with Crippen LogP contribution in [0.2, 0.25) is 0 Å². The summed E-state index contributed by atoms with van der Waals surface area (Å²) in [6, 6.07) is 0. The lowest BCUT2D eigenvalue weighted by Crippen LogP contribution is -2.12. The minimum atomic E-state index is 0.626. The lowest BCUT2D eigenvalue weighted by atomic mass is 10.2. The molecule has 0 saturated carbocycles. The zero-order valence-corrected chi connectivity index (χ0v) is 5.92. The van der Waals surface area contributed by atoms with E-state index in [1.807, 2.05) is 0 Å². The Morgan fingerprint density at radius 3 is 2.67 bits per heavy atom. The summed E-state index contributed by atoms with van der Waals surface area (Å²) < 4.78 is 0. The van der Waals surface area contributed by atoms with Crippen molar-refractivity contribution in [1.29, 1.82) is 0 Å². The molecule has 0 aliphatic heterocycles. The van der Waals surface area contributed by atoms with Crippen LogP contribution in [0, 0.1) is 5.92 Å². The second-order valence-corrected chi connectivity index (χ2v) is 2.30. The number of aldehydes is 1. The Bertz CT molecular complexity index is 97.1. The molecule has 0 unspecified atom stereocenters. The van der Waals surface area contributed by atoms with Crippen molar-refractivity contribution >= 4 is 6.29 Å². The van der Waals surface area contributed by atoms with Gasteiger partial charge in [-0.15, -0.1) is 0 Å². The summed E-state index contributed by atoms with van der Waals surface area (Å²) in [5, 5.41) is 2.97. The maximum absolute atomic E-state index is 9.72. The van der Waals surface area contributed by atoms with E-state index in [2.05, 4.69) is 19.2 Å². The molecule has 1 N–H and O–H groups in total. The van der Waals surface area contributed by atoms with Crippen molar-refractivity contribution in [3.8, 4) is 0 Å². The average Bonchev–Trinajstić information content (AvgIpc) is 1.80. The molecular weight excluding hydrogens is 114 g/mol. The highest BCUT2D eigenvalue weighted by Gasteiger charge is 1.86. The molecule has 0 amide bonds. The van der Waals surface area contributed by atoms with Crippen LogP contribution in [0.5, 0.6) is 0 Å². The monoisotopic (exact) mass is 127 g/mol. The molecule has 0 aliphatic rings. The highest BCUT2D eigenvalue weighted by molar-refractivity contribution is 5.64. The van der Waals surface area contributed by atoms with E-state index in [0.717, 1.165) is 12.8 Å². The van der Waals surface area contributed by atoms with Gasteiger partial charge in [0.25, 0.3) is 0 Å². The number of hydrogen-bond donors (Lipinski definition) is 1. The lowest BCUT2D eigenvalue weighted by molar-refractivity contribution is -0.104. The maximum atomic E-state index is 9.72. The standard InChI is InChI=1S/C7H13NO/c1-7(2)6-8-4-3-5-9/h3-5,7-8H,6H2,1-2H3/b4-3+. The molecule has 0 saturated heterocycles. The van der Waals surface area contributed by atoms with E-state index in [-0.39, 0.29) is 0 Å². The number of allylic oxidation sites excluding steroid dienone is 1. The summed E-state index contributed by atoms with van der Waals surface area (Å²) in [6.45, 7) is 5.15. The summed E-state index contributed by atoms with van der Waals surface area (Å²) in [4.78, 5) is 9.72. The van der Waals surface area contributed by atoms with Crippen LogP contribution < -0.4 is 5.32 Å². The van der Waals surface area contributed by atoms with E-state index < -0.39 is 0 Å². The van der Waals surface area contributed by atoms with Crippen LogP contribution in [0.4, 0.5) is 0 Å². The zero-order valence-electron chi connectivity index (χ0n) is 5.92. The molecule has 0 radical (unpaired) electrons. The molecule has 2 nitrogen and oxygen atoms in total. The first-order valence-corrected chi connectivity index (χ1v) is 3.11. The van der Waals surface area contributed by atoms with E-state index in [9.17, 15) is 4.79 Å². The number of carbonyl (C=O) groups excluding carboxylic acids is 1. The molecule has 0 rings (SSSR count). The Labute approximate surface area is 56.0 Å².